The minimum absolute atomic E-state index is 0.00332. The number of non-ortho nitro benzene ring substituents is 1. The maximum Gasteiger partial charge on any atom is 0.339 e. The van der Waals surface area contributed by atoms with Gasteiger partial charge in [0.05, 0.1) is 18.2 Å². The first kappa shape index (κ1) is 22.3. The standard InChI is InChI=1S/C23H22N4O5/c1-16-6-3-4-9-20(16)25-23(28)26-24-14-17-10-11-21(22(13-17)31-2)32-15-18-7-5-8-19(12-18)27(29)30/h3-14H,15H2,1-2H3,(H2,25,26,28). The minimum Gasteiger partial charge on any atom is -0.493 e. The van der Waals surface area contributed by atoms with Crippen molar-refractivity contribution in [1.29, 1.82) is 0 Å². The molecule has 0 aliphatic heterocycles. The highest BCUT2D eigenvalue weighted by molar-refractivity contribution is 5.91. The molecule has 164 valence electrons. The van der Waals surface area contributed by atoms with Crippen LogP contribution in [0.2, 0.25) is 0 Å². The van der Waals surface area contributed by atoms with E-state index in [2.05, 4.69) is 15.8 Å². The van der Waals surface area contributed by atoms with E-state index < -0.39 is 11.0 Å². The largest absolute Gasteiger partial charge is 0.493 e. The highest BCUT2D eigenvalue weighted by Gasteiger charge is 2.09. The lowest BCUT2D eigenvalue weighted by Gasteiger charge is -2.11. The molecular formula is C23H22N4O5. The van der Waals surface area contributed by atoms with Crippen molar-refractivity contribution in [2.45, 2.75) is 13.5 Å². The summed E-state index contributed by atoms with van der Waals surface area (Å²) in [5, 5.41) is 17.6. The van der Waals surface area contributed by atoms with E-state index in [0.29, 0.717) is 28.3 Å². The number of rotatable bonds is 8. The number of para-hydroxylation sites is 1. The molecule has 9 nitrogen and oxygen atoms in total. The number of amides is 2. The van der Waals surface area contributed by atoms with Crippen molar-refractivity contribution >= 4 is 23.6 Å². The summed E-state index contributed by atoms with van der Waals surface area (Å²) in [7, 11) is 1.50. The van der Waals surface area contributed by atoms with Gasteiger partial charge in [0.1, 0.15) is 6.61 Å². The number of anilines is 1. The van der Waals surface area contributed by atoms with Crippen LogP contribution in [0.4, 0.5) is 16.2 Å². The second-order valence-corrected chi connectivity index (χ2v) is 6.77. The van der Waals surface area contributed by atoms with Gasteiger partial charge in [0, 0.05) is 17.8 Å². The van der Waals surface area contributed by atoms with Crippen molar-refractivity contribution in [2.75, 3.05) is 12.4 Å². The van der Waals surface area contributed by atoms with E-state index >= 15 is 0 Å². The second kappa shape index (κ2) is 10.6. The predicted molar refractivity (Wildman–Crippen MR) is 121 cm³/mol. The number of nitrogens with zero attached hydrogens (tertiary/aromatic N) is 2. The van der Waals surface area contributed by atoms with Crippen LogP contribution in [0.25, 0.3) is 0 Å². The number of aryl methyl sites for hydroxylation is 1. The van der Waals surface area contributed by atoms with Crippen LogP contribution in [0, 0.1) is 17.0 Å². The first-order valence-corrected chi connectivity index (χ1v) is 9.66. The van der Waals surface area contributed by atoms with Crippen LogP contribution in [0.5, 0.6) is 11.5 Å². The molecule has 0 spiro atoms. The van der Waals surface area contributed by atoms with Gasteiger partial charge in [-0.1, -0.05) is 30.3 Å². The Bertz CT molecular complexity index is 1150. The van der Waals surface area contributed by atoms with E-state index in [1.165, 1.54) is 25.5 Å². The van der Waals surface area contributed by atoms with Gasteiger partial charge < -0.3 is 14.8 Å². The van der Waals surface area contributed by atoms with Gasteiger partial charge in [-0.2, -0.15) is 5.10 Å². The zero-order valence-corrected chi connectivity index (χ0v) is 17.6. The molecule has 0 fully saturated rings. The fourth-order valence-electron chi connectivity index (χ4n) is 2.83. The van der Waals surface area contributed by atoms with E-state index in [-0.39, 0.29) is 12.3 Å². The Balaban J connectivity index is 1.59. The number of hydrogen-bond donors (Lipinski definition) is 2. The Morgan fingerprint density at radius 1 is 1.09 bits per heavy atom. The average molecular weight is 434 g/mol. The van der Waals surface area contributed by atoms with Crippen LogP contribution in [0.1, 0.15) is 16.7 Å². The third-order valence-electron chi connectivity index (χ3n) is 4.48. The van der Waals surface area contributed by atoms with Crippen molar-refractivity contribution in [3.05, 3.63) is 93.5 Å². The summed E-state index contributed by atoms with van der Waals surface area (Å²) in [4.78, 5) is 22.4. The smallest absolute Gasteiger partial charge is 0.339 e. The molecule has 32 heavy (non-hydrogen) atoms. The number of urea groups is 1. The van der Waals surface area contributed by atoms with Gasteiger partial charge in [0.15, 0.2) is 11.5 Å². The molecule has 0 saturated heterocycles. The fraction of sp³-hybridized carbons (Fsp3) is 0.130. The summed E-state index contributed by atoms with van der Waals surface area (Å²) in [6.45, 7) is 2.04. The Hall–Kier alpha value is -4.40. The molecule has 0 atom stereocenters. The third-order valence-corrected chi connectivity index (χ3v) is 4.48. The molecule has 3 aromatic carbocycles. The monoisotopic (exact) mass is 434 g/mol. The van der Waals surface area contributed by atoms with Gasteiger partial charge in [-0.15, -0.1) is 0 Å². The summed E-state index contributed by atoms with van der Waals surface area (Å²) in [5.74, 6) is 0.935. The van der Waals surface area contributed by atoms with Crippen molar-refractivity contribution in [3.8, 4) is 11.5 Å². The van der Waals surface area contributed by atoms with E-state index in [9.17, 15) is 14.9 Å². The van der Waals surface area contributed by atoms with Crippen LogP contribution in [-0.2, 0) is 6.61 Å². The number of carbonyl (C=O) groups excluding carboxylic acids is 1. The van der Waals surface area contributed by atoms with E-state index in [0.717, 1.165) is 5.56 Å². The summed E-state index contributed by atoms with van der Waals surface area (Å²) < 4.78 is 11.1. The van der Waals surface area contributed by atoms with Gasteiger partial charge >= 0.3 is 6.03 Å². The predicted octanol–water partition coefficient (Wildman–Crippen LogP) is 4.65. The first-order chi connectivity index (χ1) is 15.5. The summed E-state index contributed by atoms with van der Waals surface area (Å²) in [6.07, 6.45) is 1.48. The molecule has 0 saturated carbocycles. The number of hydrazone groups is 1. The van der Waals surface area contributed by atoms with Crippen LogP contribution < -0.4 is 20.2 Å². The summed E-state index contributed by atoms with van der Waals surface area (Å²) >= 11 is 0. The lowest BCUT2D eigenvalue weighted by Crippen LogP contribution is -2.24. The SMILES string of the molecule is COc1cc(C=NNC(=O)Nc2ccccc2C)ccc1OCc1cccc([N+](=O)[O-])c1. The Labute approximate surface area is 184 Å². The lowest BCUT2D eigenvalue weighted by molar-refractivity contribution is -0.384. The average Bonchev–Trinajstić information content (AvgIpc) is 2.79. The summed E-state index contributed by atoms with van der Waals surface area (Å²) in [6, 6.07) is 18.3. The molecule has 9 heteroatoms. The number of methoxy groups -OCH3 is 1. The zero-order valence-electron chi connectivity index (χ0n) is 17.6. The Kier molecular flexibility index (Phi) is 7.37. The molecule has 0 unspecified atom stereocenters. The van der Waals surface area contributed by atoms with Crippen molar-refractivity contribution in [3.63, 3.8) is 0 Å². The fourth-order valence-corrected chi connectivity index (χ4v) is 2.83. The highest BCUT2D eigenvalue weighted by Crippen LogP contribution is 2.28. The number of hydrogen-bond acceptors (Lipinski definition) is 6. The molecule has 2 amide bonds. The third kappa shape index (κ3) is 6.05. The number of benzene rings is 3. The normalized spacial score (nSPS) is 10.6. The van der Waals surface area contributed by atoms with E-state index in [1.54, 1.807) is 36.4 Å². The summed E-state index contributed by atoms with van der Waals surface area (Å²) in [5.41, 5.74) is 5.40. The number of ether oxygens (including phenoxy) is 2. The van der Waals surface area contributed by atoms with Crippen LogP contribution in [-0.4, -0.2) is 24.3 Å². The van der Waals surface area contributed by atoms with Crippen LogP contribution >= 0.6 is 0 Å². The van der Waals surface area contributed by atoms with Gasteiger partial charge in [0.25, 0.3) is 5.69 Å². The molecule has 0 bridgehead atoms. The van der Waals surface area contributed by atoms with E-state index in [4.69, 9.17) is 9.47 Å². The number of nitro benzene ring substituents is 1. The molecule has 0 aromatic heterocycles. The number of nitro groups is 1. The number of carbonyl (C=O) groups is 1. The molecule has 0 heterocycles. The molecule has 3 rings (SSSR count). The number of nitrogens with one attached hydrogen (secondary N) is 2. The maximum atomic E-state index is 12.0. The highest BCUT2D eigenvalue weighted by atomic mass is 16.6. The van der Waals surface area contributed by atoms with Crippen molar-refractivity contribution in [2.24, 2.45) is 5.10 Å². The van der Waals surface area contributed by atoms with Crippen LogP contribution in [0.15, 0.2) is 71.8 Å². The van der Waals surface area contributed by atoms with E-state index in [1.807, 2.05) is 25.1 Å². The Morgan fingerprint density at radius 3 is 2.66 bits per heavy atom. The van der Waals surface area contributed by atoms with Gasteiger partial charge in [-0.3, -0.25) is 10.1 Å². The molecule has 0 aliphatic rings. The maximum absolute atomic E-state index is 12.0. The molecule has 0 aliphatic carbocycles. The van der Waals surface area contributed by atoms with Crippen molar-refractivity contribution < 1.29 is 19.2 Å². The zero-order chi connectivity index (χ0) is 22.9. The first-order valence-electron chi connectivity index (χ1n) is 9.66. The molecule has 3 aromatic rings. The van der Waals surface area contributed by atoms with Gasteiger partial charge in [-0.25, -0.2) is 10.2 Å². The van der Waals surface area contributed by atoms with Crippen molar-refractivity contribution in [1.82, 2.24) is 5.43 Å². The molecule has 0 radical (unpaired) electrons. The quantitative estimate of drug-likeness (QED) is 0.304. The lowest BCUT2D eigenvalue weighted by atomic mass is 10.2. The van der Waals surface area contributed by atoms with Gasteiger partial charge in [-0.05, 0) is 47.9 Å². The topological polar surface area (TPSA) is 115 Å². The minimum atomic E-state index is -0.459. The Morgan fingerprint density at radius 2 is 1.91 bits per heavy atom. The molecule has 2 N–H and O–H groups in total. The second-order valence-electron chi connectivity index (χ2n) is 6.77. The van der Waals surface area contributed by atoms with Crippen LogP contribution in [0.3, 0.4) is 0 Å². The molecular weight excluding hydrogens is 412 g/mol. The van der Waals surface area contributed by atoms with Gasteiger partial charge in [0.2, 0.25) is 0 Å².